The number of aliphatic hydroxyl groups excluding tert-OH is 8. The van der Waals surface area contributed by atoms with Crippen LogP contribution in [0.2, 0.25) is 0 Å². The van der Waals surface area contributed by atoms with Crippen molar-refractivity contribution in [3.05, 3.63) is 36.3 Å². The molecule has 18 unspecified atom stereocenters. The van der Waals surface area contributed by atoms with E-state index in [1.54, 1.807) is 6.08 Å². The zero-order chi connectivity index (χ0) is 40.3. The smallest absolute Gasteiger partial charge is 0.337 e. The quantitative estimate of drug-likeness (QED) is 0.0551. The molecule has 55 heavy (non-hydrogen) atoms. The third-order valence-electron chi connectivity index (χ3n) is 11.1. The Kier molecular flexibility index (Phi) is 14.7. The Morgan fingerprint density at radius 1 is 0.836 bits per heavy atom. The van der Waals surface area contributed by atoms with Crippen LogP contribution in [0.15, 0.2) is 36.3 Å². The molecule has 0 aromatic rings. The van der Waals surface area contributed by atoms with Crippen molar-refractivity contribution in [3.8, 4) is 0 Å². The predicted molar refractivity (Wildman–Crippen MR) is 178 cm³/mol. The van der Waals surface area contributed by atoms with E-state index in [1.165, 1.54) is 14.2 Å². The molecule has 5 aliphatic rings. The number of carbonyl (C=O) groups is 2. The third-order valence-corrected chi connectivity index (χ3v) is 11.1. The van der Waals surface area contributed by atoms with Crippen LogP contribution in [0.1, 0.15) is 19.8 Å². The molecule has 0 amide bonds. The van der Waals surface area contributed by atoms with E-state index in [4.69, 9.17) is 47.4 Å². The van der Waals surface area contributed by atoms with Gasteiger partial charge in [0.1, 0.15) is 54.9 Å². The molecule has 0 spiro atoms. The highest BCUT2D eigenvalue weighted by atomic mass is 16.8. The van der Waals surface area contributed by atoms with Gasteiger partial charge < -0.3 is 88.2 Å². The van der Waals surface area contributed by atoms with Crippen LogP contribution in [0.3, 0.4) is 0 Å². The van der Waals surface area contributed by atoms with Crippen LogP contribution in [0.4, 0.5) is 0 Å². The summed E-state index contributed by atoms with van der Waals surface area (Å²) in [4.78, 5) is 27.6. The third kappa shape index (κ3) is 8.72. The number of hydrogen-bond acceptors (Lipinski definition) is 20. The topological polar surface area (TPSA) is 288 Å². The molecular formula is C35H52O20. The highest BCUT2D eigenvalue weighted by Crippen LogP contribution is 2.47. The zero-order valence-electron chi connectivity index (χ0n) is 30.7. The van der Waals surface area contributed by atoms with Crippen molar-refractivity contribution in [3.63, 3.8) is 0 Å². The van der Waals surface area contributed by atoms with Gasteiger partial charge in [0.25, 0.3) is 0 Å². The molecule has 20 heteroatoms. The summed E-state index contributed by atoms with van der Waals surface area (Å²) in [5, 5.41) is 83.7. The predicted octanol–water partition coefficient (Wildman–Crippen LogP) is -3.12. The normalized spacial score (nSPS) is 43.5. The van der Waals surface area contributed by atoms with Crippen molar-refractivity contribution < 1.29 is 97.8 Å². The van der Waals surface area contributed by atoms with Gasteiger partial charge >= 0.3 is 11.9 Å². The molecule has 0 radical (unpaired) electrons. The molecule has 0 aromatic carbocycles. The van der Waals surface area contributed by atoms with Crippen LogP contribution in [-0.2, 0) is 57.0 Å². The molecule has 4 aliphatic heterocycles. The second-order valence-electron chi connectivity index (χ2n) is 14.1. The molecule has 8 N–H and O–H groups in total. The first-order valence-corrected chi connectivity index (χ1v) is 17.8. The lowest BCUT2D eigenvalue weighted by Crippen LogP contribution is -2.62. The second-order valence-corrected chi connectivity index (χ2v) is 14.1. The maximum absolute atomic E-state index is 14.2. The van der Waals surface area contributed by atoms with E-state index in [-0.39, 0.29) is 29.9 Å². The Morgan fingerprint density at radius 2 is 1.36 bits per heavy atom. The number of esters is 2. The highest BCUT2D eigenvalue weighted by Gasteiger charge is 2.55. The summed E-state index contributed by atoms with van der Waals surface area (Å²) in [6.45, 7) is 4.15. The van der Waals surface area contributed by atoms with E-state index < -0.39 is 135 Å². The van der Waals surface area contributed by atoms with Gasteiger partial charge in [-0.1, -0.05) is 13.0 Å². The zero-order valence-corrected chi connectivity index (χ0v) is 30.7. The minimum absolute atomic E-state index is 0.0251. The van der Waals surface area contributed by atoms with E-state index in [0.29, 0.717) is 0 Å². The molecule has 2 saturated heterocycles. The first-order valence-electron chi connectivity index (χ1n) is 17.8. The standard InChI is InChI=1S/C35H52O20/c1-6-14-13(2)19-7-15(14)17(30(44)48-5)11-49-32(54-34-28(42)26(40)24(38)20(9-36)52-34)23-16(8-22(46-3)47-4)18(31(45)51-19)12-50-33(23)55-35-29(43)27(41)25(39)21(10-37)53-35/h6,11-16,19-29,32-43H,1,7-10H2,2-5H3. The summed E-state index contributed by atoms with van der Waals surface area (Å²) in [5.41, 5.74) is -0.129. The maximum Gasteiger partial charge on any atom is 0.337 e. The minimum Gasteiger partial charge on any atom is -0.471 e. The summed E-state index contributed by atoms with van der Waals surface area (Å²) in [6, 6.07) is 0. The van der Waals surface area contributed by atoms with Crippen LogP contribution >= 0.6 is 0 Å². The number of ether oxygens (including phenoxy) is 10. The molecule has 1 saturated carbocycles. The highest BCUT2D eigenvalue weighted by molar-refractivity contribution is 5.90. The van der Waals surface area contributed by atoms with Gasteiger partial charge in [-0.3, -0.25) is 0 Å². The molecule has 0 aromatic heterocycles. The molecule has 312 valence electrons. The Bertz CT molecular complexity index is 1380. The van der Waals surface area contributed by atoms with Crippen molar-refractivity contribution in [2.75, 3.05) is 34.5 Å². The molecule has 5 rings (SSSR count). The summed E-state index contributed by atoms with van der Waals surface area (Å²) in [7, 11) is 3.83. The number of hydrogen-bond donors (Lipinski definition) is 8. The largest absolute Gasteiger partial charge is 0.471 e. The Morgan fingerprint density at radius 3 is 1.84 bits per heavy atom. The van der Waals surface area contributed by atoms with Gasteiger partial charge in [0.2, 0.25) is 12.6 Å². The van der Waals surface area contributed by atoms with E-state index in [9.17, 15) is 50.4 Å². The fourth-order valence-electron chi connectivity index (χ4n) is 7.83. The van der Waals surface area contributed by atoms with Crippen molar-refractivity contribution >= 4 is 11.9 Å². The number of allylic oxidation sites excluding steroid dienone is 1. The monoisotopic (exact) mass is 792 g/mol. The lowest BCUT2D eigenvalue weighted by atomic mass is 9.80. The van der Waals surface area contributed by atoms with Crippen molar-refractivity contribution in [2.24, 2.45) is 29.6 Å². The average molecular weight is 793 g/mol. The Hall–Kier alpha value is -2.80. The molecule has 4 heterocycles. The molecule has 18 atom stereocenters. The fraction of sp³-hybridized carbons (Fsp3) is 0.771. The van der Waals surface area contributed by atoms with E-state index >= 15 is 0 Å². The lowest BCUT2D eigenvalue weighted by Gasteiger charge is -2.46. The van der Waals surface area contributed by atoms with Crippen LogP contribution in [0, 0.1) is 29.6 Å². The minimum atomic E-state index is -1.97. The second kappa shape index (κ2) is 18.6. The van der Waals surface area contributed by atoms with Crippen molar-refractivity contribution in [1.29, 1.82) is 0 Å². The number of rotatable bonds is 12. The summed E-state index contributed by atoms with van der Waals surface area (Å²) in [5.74, 6) is -5.75. The Labute approximate surface area is 316 Å². The first kappa shape index (κ1) is 43.3. The Balaban J connectivity index is 1.68. The van der Waals surface area contributed by atoms with Gasteiger partial charge in [-0.2, -0.15) is 0 Å². The van der Waals surface area contributed by atoms with Crippen molar-refractivity contribution in [1.82, 2.24) is 0 Å². The van der Waals surface area contributed by atoms with E-state index in [2.05, 4.69) is 6.58 Å². The molecule has 3 fully saturated rings. The SMILES string of the molecule is C=CC1C2CC(OC(=O)C3=COC(OC4OC(CO)C(O)C(O)C4O)C(C(OC4OC(CO)C(O)C(O)C4O)OC=C2C(=O)OC)C3CC(OC)OC)C1C. The first-order chi connectivity index (χ1) is 26.2. The van der Waals surface area contributed by atoms with E-state index in [1.807, 2.05) is 6.92 Å². The van der Waals surface area contributed by atoms with Crippen LogP contribution in [0.25, 0.3) is 0 Å². The molecule has 20 nitrogen and oxygen atoms in total. The van der Waals surface area contributed by atoms with Crippen molar-refractivity contribution in [2.45, 2.75) is 106 Å². The molecular weight excluding hydrogens is 740 g/mol. The average Bonchev–Trinajstić information content (AvgIpc) is 3.49. The lowest BCUT2D eigenvalue weighted by molar-refractivity contribution is -0.373. The maximum atomic E-state index is 14.2. The van der Waals surface area contributed by atoms with E-state index in [0.717, 1.165) is 19.6 Å². The van der Waals surface area contributed by atoms with Gasteiger partial charge in [-0.25, -0.2) is 9.59 Å². The van der Waals surface area contributed by atoms with Gasteiger partial charge in [0, 0.05) is 38.4 Å². The number of aliphatic hydroxyl groups is 8. The van der Waals surface area contributed by atoms with Crippen LogP contribution in [-0.4, -0.2) is 174 Å². The van der Waals surface area contributed by atoms with Gasteiger partial charge in [-0.05, 0) is 12.3 Å². The fourth-order valence-corrected chi connectivity index (χ4v) is 7.83. The molecule has 4 bridgehead atoms. The number of carbonyl (C=O) groups excluding carboxylic acids is 2. The summed E-state index contributed by atoms with van der Waals surface area (Å²) in [6.07, 6.45) is -19.3. The van der Waals surface area contributed by atoms with Crippen LogP contribution < -0.4 is 0 Å². The number of fused-ring (bicyclic) bond motifs is 4. The molecule has 1 aliphatic carbocycles. The summed E-state index contributed by atoms with van der Waals surface area (Å²) < 4.78 is 57.9. The number of methoxy groups -OCH3 is 3. The van der Waals surface area contributed by atoms with Gasteiger partial charge in [0.15, 0.2) is 18.9 Å². The van der Waals surface area contributed by atoms with Gasteiger partial charge in [0.05, 0.1) is 49.9 Å². The van der Waals surface area contributed by atoms with Crippen LogP contribution in [0.5, 0.6) is 0 Å². The van der Waals surface area contributed by atoms with Gasteiger partial charge in [-0.15, -0.1) is 6.58 Å². The summed E-state index contributed by atoms with van der Waals surface area (Å²) >= 11 is 0.